The van der Waals surface area contributed by atoms with Crippen molar-refractivity contribution in [2.45, 2.75) is 49.7 Å². The first kappa shape index (κ1) is 38.3. The Hall–Kier alpha value is -4.15. The van der Waals surface area contributed by atoms with Crippen LogP contribution in [0.15, 0.2) is 60.9 Å². The van der Waals surface area contributed by atoms with Crippen molar-refractivity contribution in [2.24, 2.45) is 0 Å². The molecule has 4 rings (SSSR count). The zero-order chi connectivity index (χ0) is 35.3. The van der Waals surface area contributed by atoms with Gasteiger partial charge in [0.25, 0.3) is 6.47 Å². The van der Waals surface area contributed by atoms with E-state index in [0.717, 1.165) is 18.3 Å². The molecule has 2 aromatic carbocycles. The van der Waals surface area contributed by atoms with Gasteiger partial charge in [-0.15, -0.1) is 0 Å². The van der Waals surface area contributed by atoms with Crippen molar-refractivity contribution in [3.8, 4) is 0 Å². The second-order valence-corrected chi connectivity index (χ2v) is 10.8. The van der Waals surface area contributed by atoms with E-state index in [9.17, 15) is 44.7 Å². The number of ether oxygens (including phenoxy) is 2. The number of carbonyl (C=O) groups excluding carboxylic acids is 2. The van der Waals surface area contributed by atoms with E-state index in [2.05, 4.69) is 15.6 Å². The van der Waals surface area contributed by atoms with Gasteiger partial charge in [0.2, 0.25) is 5.91 Å². The molecule has 1 amide bonds. The van der Waals surface area contributed by atoms with Crippen molar-refractivity contribution in [3.05, 3.63) is 94.8 Å². The zero-order valence-electron chi connectivity index (χ0n) is 25.6. The topological polar surface area (TPSA) is 102 Å². The Labute approximate surface area is 271 Å². The molecule has 1 aromatic heterocycles. The van der Waals surface area contributed by atoms with Crippen LogP contribution in [0.3, 0.4) is 0 Å². The lowest BCUT2D eigenvalue weighted by Crippen LogP contribution is -2.48. The van der Waals surface area contributed by atoms with Crippen molar-refractivity contribution in [1.82, 2.24) is 15.6 Å². The molecule has 2 heterocycles. The van der Waals surface area contributed by atoms with Crippen LogP contribution in [0.1, 0.15) is 41.0 Å². The molecule has 0 aliphatic carbocycles. The third kappa shape index (κ3) is 12.5. The number of hydrogen-bond donors (Lipinski definition) is 3. The Balaban J connectivity index is 0.000000804. The van der Waals surface area contributed by atoms with Gasteiger partial charge < -0.3 is 25.4 Å². The molecule has 0 saturated carbocycles. The number of hydrogen-bond acceptors (Lipinski definition) is 7. The fourth-order valence-electron chi connectivity index (χ4n) is 4.86. The van der Waals surface area contributed by atoms with Gasteiger partial charge in [-0.1, -0.05) is 24.3 Å². The average Bonchev–Trinajstić information content (AvgIpc) is 3.03. The summed E-state index contributed by atoms with van der Waals surface area (Å²) in [6.45, 7) is 0.411. The number of aromatic nitrogens is 1. The van der Waals surface area contributed by atoms with Crippen LogP contribution in [0, 0.1) is 11.6 Å². The second-order valence-electron chi connectivity index (χ2n) is 10.8. The van der Waals surface area contributed by atoms with E-state index < -0.39 is 47.9 Å². The number of anilines is 1. The van der Waals surface area contributed by atoms with Gasteiger partial charge in [0.15, 0.2) is 0 Å². The van der Waals surface area contributed by atoms with Crippen LogP contribution in [0.5, 0.6) is 0 Å². The summed E-state index contributed by atoms with van der Waals surface area (Å²) < 4.78 is 111. The number of morpholine rings is 1. The molecule has 16 heteroatoms. The molecule has 1 aliphatic rings. The standard InChI is InChI=1S/C29H28F5N3O4.C3H6F3N/c30-21-7-3-19(4-8-21)25(18-1-5-20(6-2-18)29(32,33)34)11-28(39)37-27-14-35-13-26(31)24(27)10-9-23-12-36-22(16-41-23)15-40-17-38;1-7-2-3(4,5)6/h1-8,13-14,17,22-23,25,36H,9-12,15-16H2,(H,37,39);7H,2H2,1H3/t22-,23-,25+;/m1./s1. The van der Waals surface area contributed by atoms with Crippen LogP contribution < -0.4 is 16.0 Å². The largest absolute Gasteiger partial charge is 0.466 e. The highest BCUT2D eigenvalue weighted by Crippen LogP contribution is 2.34. The number of carbonyl (C=O) groups is 2. The Morgan fingerprint density at radius 2 is 1.69 bits per heavy atom. The molecule has 1 saturated heterocycles. The first-order valence-electron chi connectivity index (χ1n) is 14.7. The smallest absolute Gasteiger partial charge is 0.416 e. The maximum absolute atomic E-state index is 14.8. The van der Waals surface area contributed by atoms with E-state index in [1.54, 1.807) is 0 Å². The molecule has 262 valence electrons. The number of halogens is 8. The van der Waals surface area contributed by atoms with Crippen LogP contribution in [0.25, 0.3) is 0 Å². The molecule has 3 aromatic rings. The molecule has 3 atom stereocenters. The summed E-state index contributed by atoms with van der Waals surface area (Å²) in [6.07, 6.45) is -5.99. The first-order valence-corrected chi connectivity index (χ1v) is 14.7. The molecule has 0 bridgehead atoms. The molecular weight excluding hydrogens is 656 g/mol. The predicted molar refractivity (Wildman–Crippen MR) is 159 cm³/mol. The quantitative estimate of drug-likeness (QED) is 0.164. The fraction of sp³-hybridized carbons (Fsp3) is 0.406. The summed E-state index contributed by atoms with van der Waals surface area (Å²) in [5.41, 5.74) is 0.521. The van der Waals surface area contributed by atoms with E-state index >= 15 is 0 Å². The van der Waals surface area contributed by atoms with Crippen molar-refractivity contribution in [1.29, 1.82) is 0 Å². The predicted octanol–water partition coefficient (Wildman–Crippen LogP) is 5.77. The summed E-state index contributed by atoms with van der Waals surface area (Å²) in [5, 5.41) is 7.87. The van der Waals surface area contributed by atoms with Crippen molar-refractivity contribution in [2.75, 3.05) is 38.7 Å². The van der Waals surface area contributed by atoms with E-state index in [1.807, 2.05) is 5.32 Å². The minimum Gasteiger partial charge on any atom is -0.466 e. The third-order valence-corrected chi connectivity index (χ3v) is 7.21. The summed E-state index contributed by atoms with van der Waals surface area (Å²) in [7, 11) is 1.26. The van der Waals surface area contributed by atoms with E-state index in [0.29, 0.717) is 37.2 Å². The highest BCUT2D eigenvalue weighted by molar-refractivity contribution is 5.92. The van der Waals surface area contributed by atoms with Crippen molar-refractivity contribution < 1.29 is 54.2 Å². The zero-order valence-corrected chi connectivity index (χ0v) is 25.6. The number of alkyl halides is 6. The Bertz CT molecular complexity index is 1450. The molecule has 3 N–H and O–H groups in total. The number of nitrogens with zero attached hydrogens (tertiary/aromatic N) is 1. The minimum absolute atomic E-state index is 0.136. The Morgan fingerprint density at radius 1 is 1.04 bits per heavy atom. The van der Waals surface area contributed by atoms with Gasteiger partial charge in [-0.25, -0.2) is 8.78 Å². The van der Waals surface area contributed by atoms with E-state index in [-0.39, 0.29) is 42.8 Å². The van der Waals surface area contributed by atoms with Crippen LogP contribution >= 0.6 is 0 Å². The van der Waals surface area contributed by atoms with E-state index in [1.165, 1.54) is 49.6 Å². The summed E-state index contributed by atoms with van der Waals surface area (Å²) in [4.78, 5) is 27.4. The maximum Gasteiger partial charge on any atom is 0.416 e. The van der Waals surface area contributed by atoms with E-state index in [4.69, 9.17) is 9.47 Å². The average molecular weight is 691 g/mol. The summed E-state index contributed by atoms with van der Waals surface area (Å²) >= 11 is 0. The van der Waals surface area contributed by atoms with Gasteiger partial charge in [0.1, 0.15) is 18.2 Å². The summed E-state index contributed by atoms with van der Waals surface area (Å²) in [6, 6.07) is 9.64. The summed E-state index contributed by atoms with van der Waals surface area (Å²) in [5.74, 6) is -2.33. The highest BCUT2D eigenvalue weighted by atomic mass is 19.4. The Kier molecular flexibility index (Phi) is 14.2. The normalized spacial score (nSPS) is 17.1. The van der Waals surface area contributed by atoms with Gasteiger partial charge in [-0.2, -0.15) is 26.3 Å². The lowest BCUT2D eigenvalue weighted by atomic mass is 9.87. The Morgan fingerprint density at radius 3 is 2.21 bits per heavy atom. The number of nitrogens with one attached hydrogen (secondary N) is 3. The molecule has 48 heavy (non-hydrogen) atoms. The van der Waals surface area contributed by atoms with Gasteiger partial charge in [0.05, 0.1) is 48.9 Å². The fourth-order valence-corrected chi connectivity index (χ4v) is 4.86. The molecule has 1 aliphatic heterocycles. The second kappa shape index (κ2) is 17.8. The van der Waals surface area contributed by atoms with Crippen LogP contribution in [0.4, 0.5) is 40.8 Å². The molecule has 1 fully saturated rings. The number of pyridine rings is 1. The van der Waals surface area contributed by atoms with Gasteiger partial charge in [0, 0.05) is 24.4 Å². The van der Waals surface area contributed by atoms with Gasteiger partial charge in [-0.05, 0) is 55.3 Å². The third-order valence-electron chi connectivity index (χ3n) is 7.21. The van der Waals surface area contributed by atoms with Gasteiger partial charge in [-0.3, -0.25) is 14.6 Å². The molecule has 8 nitrogen and oxygen atoms in total. The molecule has 0 radical (unpaired) electrons. The maximum atomic E-state index is 14.8. The molecule has 0 unspecified atom stereocenters. The lowest BCUT2D eigenvalue weighted by molar-refractivity contribution is -0.137. The number of amides is 1. The monoisotopic (exact) mass is 690 g/mol. The lowest BCUT2D eigenvalue weighted by Gasteiger charge is -2.30. The van der Waals surface area contributed by atoms with Crippen molar-refractivity contribution >= 4 is 18.1 Å². The first-order chi connectivity index (χ1) is 22.7. The minimum atomic E-state index is -4.52. The van der Waals surface area contributed by atoms with Crippen LogP contribution in [-0.4, -0.2) is 69.0 Å². The molecule has 0 spiro atoms. The highest BCUT2D eigenvalue weighted by Gasteiger charge is 2.31. The van der Waals surface area contributed by atoms with Crippen LogP contribution in [-0.2, 0) is 31.7 Å². The number of rotatable bonds is 12. The van der Waals surface area contributed by atoms with Crippen molar-refractivity contribution in [3.63, 3.8) is 0 Å². The van der Waals surface area contributed by atoms with Gasteiger partial charge >= 0.3 is 12.4 Å². The molecular formula is C32H34F8N4O4. The van der Waals surface area contributed by atoms with Crippen LogP contribution in [0.2, 0.25) is 0 Å². The number of benzene rings is 2. The SMILES string of the molecule is CNCC(F)(F)F.O=COC[C@@H]1CO[C@H](CCc2c(F)cncc2NC(=O)C[C@H](c2ccc(F)cc2)c2ccc(C(F)(F)F)cc2)CN1.